The number of likely N-dealkylation sites (N-methyl/N-ethyl adjacent to an activating group) is 1. The Labute approximate surface area is 167 Å². The fourth-order valence-electron chi connectivity index (χ4n) is 3.15. The number of carbonyl (C=O) groups is 1. The molecule has 1 saturated heterocycles. The van der Waals surface area contributed by atoms with E-state index in [4.69, 9.17) is 5.73 Å². The second-order valence-corrected chi connectivity index (χ2v) is 7.82. The van der Waals surface area contributed by atoms with E-state index in [9.17, 15) is 4.79 Å². The van der Waals surface area contributed by atoms with Crippen LogP contribution in [0.1, 0.15) is 10.4 Å². The Balaban J connectivity index is 1.49. The maximum absolute atomic E-state index is 11.4. The van der Waals surface area contributed by atoms with Crippen molar-refractivity contribution < 1.29 is 4.79 Å². The second kappa shape index (κ2) is 7.95. The van der Waals surface area contributed by atoms with Crippen LogP contribution in [0.3, 0.4) is 0 Å². The lowest BCUT2D eigenvalue weighted by molar-refractivity contribution is 0.100. The van der Waals surface area contributed by atoms with Crippen molar-refractivity contribution in [3.8, 4) is 10.4 Å². The van der Waals surface area contributed by atoms with Crippen LogP contribution in [0.25, 0.3) is 10.4 Å². The molecule has 1 aliphatic heterocycles. The van der Waals surface area contributed by atoms with Gasteiger partial charge in [-0.3, -0.25) is 4.79 Å². The average Bonchev–Trinajstić information content (AvgIpc) is 3.17. The summed E-state index contributed by atoms with van der Waals surface area (Å²) in [5.41, 5.74) is 7.94. The van der Waals surface area contributed by atoms with Crippen LogP contribution in [0.5, 0.6) is 0 Å². The quantitative estimate of drug-likeness (QED) is 0.692. The average molecular weight is 395 g/mol. The van der Waals surface area contributed by atoms with Crippen molar-refractivity contribution in [2.45, 2.75) is 0 Å². The maximum Gasteiger partial charge on any atom is 0.248 e. The van der Waals surface area contributed by atoms with Crippen molar-refractivity contribution in [3.05, 3.63) is 54.4 Å². The number of rotatable bonds is 5. The van der Waals surface area contributed by atoms with Crippen molar-refractivity contribution in [2.24, 2.45) is 5.73 Å². The molecule has 144 valence electrons. The van der Waals surface area contributed by atoms with E-state index in [1.165, 1.54) is 11.3 Å². The molecular formula is C20H22N6OS. The van der Waals surface area contributed by atoms with E-state index in [-0.39, 0.29) is 0 Å². The molecule has 1 amide bonds. The van der Waals surface area contributed by atoms with Crippen LogP contribution in [-0.2, 0) is 0 Å². The standard InChI is InChI=1S/C20H22N6OS/c1-25-7-9-26(10-8-25)16-5-6-22-18(12-16)24-20-23-13-17(28-20)14-3-2-4-15(11-14)19(21)27/h2-6,11-13H,7-10H2,1H3,(H2,21,27)(H,22,23,24). The van der Waals surface area contributed by atoms with Crippen LogP contribution in [0.2, 0.25) is 0 Å². The van der Waals surface area contributed by atoms with Gasteiger partial charge in [0, 0.05) is 55.9 Å². The smallest absolute Gasteiger partial charge is 0.248 e. The first-order valence-corrected chi connectivity index (χ1v) is 9.93. The van der Waals surface area contributed by atoms with E-state index in [1.807, 2.05) is 24.4 Å². The zero-order valence-electron chi connectivity index (χ0n) is 15.6. The molecule has 0 aliphatic carbocycles. The summed E-state index contributed by atoms with van der Waals surface area (Å²) in [5.74, 6) is 0.331. The molecular weight excluding hydrogens is 372 g/mol. The number of nitrogens with two attached hydrogens (primary N) is 1. The molecule has 0 saturated carbocycles. The number of piperazine rings is 1. The third kappa shape index (κ3) is 4.13. The Kier molecular flexibility index (Phi) is 5.23. The third-order valence-electron chi connectivity index (χ3n) is 4.78. The van der Waals surface area contributed by atoms with Gasteiger partial charge in [0.25, 0.3) is 0 Å². The number of thiazole rings is 1. The van der Waals surface area contributed by atoms with E-state index in [2.05, 4.69) is 38.2 Å². The molecule has 7 nitrogen and oxygen atoms in total. The van der Waals surface area contributed by atoms with Gasteiger partial charge in [0.2, 0.25) is 5.91 Å². The molecule has 0 radical (unpaired) electrons. The topological polar surface area (TPSA) is 87.4 Å². The SMILES string of the molecule is CN1CCN(c2ccnc(Nc3ncc(-c4cccc(C(N)=O)c4)s3)c2)CC1. The summed E-state index contributed by atoms with van der Waals surface area (Å²) in [5, 5.41) is 4.04. The number of nitrogens with one attached hydrogen (secondary N) is 1. The molecule has 2 aromatic heterocycles. The van der Waals surface area contributed by atoms with Crippen LogP contribution in [0.15, 0.2) is 48.8 Å². The highest BCUT2D eigenvalue weighted by molar-refractivity contribution is 7.18. The molecule has 3 N–H and O–H groups in total. The van der Waals surface area contributed by atoms with Crippen LogP contribution in [0, 0.1) is 0 Å². The fourth-order valence-corrected chi connectivity index (χ4v) is 3.97. The fraction of sp³-hybridized carbons (Fsp3) is 0.250. The molecule has 1 aromatic carbocycles. The van der Waals surface area contributed by atoms with Crippen molar-refractivity contribution in [1.82, 2.24) is 14.9 Å². The first-order valence-electron chi connectivity index (χ1n) is 9.11. The Morgan fingerprint density at radius 2 is 1.96 bits per heavy atom. The number of nitrogens with zero attached hydrogens (tertiary/aromatic N) is 4. The number of carbonyl (C=O) groups excluding carboxylic acids is 1. The highest BCUT2D eigenvalue weighted by Gasteiger charge is 2.15. The first kappa shape index (κ1) is 18.4. The molecule has 0 spiro atoms. The van der Waals surface area contributed by atoms with Gasteiger partial charge in [-0.15, -0.1) is 0 Å². The van der Waals surface area contributed by atoms with Gasteiger partial charge in [0.05, 0.1) is 4.88 Å². The molecule has 8 heteroatoms. The number of pyridine rings is 1. The zero-order valence-corrected chi connectivity index (χ0v) is 16.4. The summed E-state index contributed by atoms with van der Waals surface area (Å²) in [6, 6.07) is 11.4. The summed E-state index contributed by atoms with van der Waals surface area (Å²) in [6.07, 6.45) is 3.61. The number of hydrogen-bond donors (Lipinski definition) is 2. The Morgan fingerprint density at radius 3 is 2.75 bits per heavy atom. The van der Waals surface area contributed by atoms with Crippen molar-refractivity contribution in [1.29, 1.82) is 0 Å². The van der Waals surface area contributed by atoms with E-state index in [1.54, 1.807) is 18.3 Å². The Bertz CT molecular complexity index is 980. The van der Waals surface area contributed by atoms with Gasteiger partial charge >= 0.3 is 0 Å². The maximum atomic E-state index is 11.4. The molecule has 1 fully saturated rings. The highest BCUT2D eigenvalue weighted by Crippen LogP contribution is 2.31. The van der Waals surface area contributed by atoms with Gasteiger partial charge in [0.1, 0.15) is 5.82 Å². The number of benzene rings is 1. The van der Waals surface area contributed by atoms with Crippen molar-refractivity contribution >= 4 is 33.9 Å². The van der Waals surface area contributed by atoms with E-state index >= 15 is 0 Å². The van der Waals surface area contributed by atoms with Gasteiger partial charge in [0.15, 0.2) is 5.13 Å². The lowest BCUT2D eigenvalue weighted by Gasteiger charge is -2.34. The highest BCUT2D eigenvalue weighted by atomic mass is 32.1. The van der Waals surface area contributed by atoms with Gasteiger partial charge < -0.3 is 20.9 Å². The van der Waals surface area contributed by atoms with Crippen LogP contribution < -0.4 is 16.0 Å². The molecule has 1 aliphatic rings. The zero-order chi connectivity index (χ0) is 19.5. The minimum Gasteiger partial charge on any atom is -0.369 e. The first-order chi connectivity index (χ1) is 13.6. The van der Waals surface area contributed by atoms with E-state index in [0.29, 0.717) is 5.56 Å². The summed E-state index contributed by atoms with van der Waals surface area (Å²) in [6.45, 7) is 4.14. The Hall–Kier alpha value is -2.97. The van der Waals surface area contributed by atoms with Gasteiger partial charge in [-0.2, -0.15) is 0 Å². The predicted molar refractivity (Wildman–Crippen MR) is 113 cm³/mol. The molecule has 0 unspecified atom stereocenters. The summed E-state index contributed by atoms with van der Waals surface area (Å²) >= 11 is 1.51. The van der Waals surface area contributed by atoms with E-state index in [0.717, 1.165) is 53.3 Å². The Morgan fingerprint density at radius 1 is 1.14 bits per heavy atom. The van der Waals surface area contributed by atoms with Gasteiger partial charge in [-0.1, -0.05) is 23.5 Å². The summed E-state index contributed by atoms with van der Waals surface area (Å²) in [7, 11) is 2.15. The lowest BCUT2D eigenvalue weighted by atomic mass is 10.1. The molecule has 3 heterocycles. The largest absolute Gasteiger partial charge is 0.369 e. The molecule has 28 heavy (non-hydrogen) atoms. The minimum atomic E-state index is -0.436. The lowest BCUT2D eigenvalue weighted by Crippen LogP contribution is -2.44. The molecule has 4 rings (SSSR count). The second-order valence-electron chi connectivity index (χ2n) is 6.79. The normalized spacial score (nSPS) is 14.8. The number of primary amides is 1. The van der Waals surface area contributed by atoms with Gasteiger partial charge in [-0.25, -0.2) is 9.97 Å². The third-order valence-corrected chi connectivity index (χ3v) is 5.75. The molecule has 3 aromatic rings. The predicted octanol–water partition coefficient (Wildman–Crippen LogP) is 2.80. The van der Waals surface area contributed by atoms with Crippen LogP contribution >= 0.6 is 11.3 Å². The van der Waals surface area contributed by atoms with E-state index < -0.39 is 5.91 Å². The van der Waals surface area contributed by atoms with Crippen molar-refractivity contribution in [3.63, 3.8) is 0 Å². The van der Waals surface area contributed by atoms with Crippen molar-refractivity contribution in [2.75, 3.05) is 43.4 Å². The number of anilines is 3. The number of amides is 1. The van der Waals surface area contributed by atoms with Crippen LogP contribution in [0.4, 0.5) is 16.6 Å². The summed E-state index contributed by atoms with van der Waals surface area (Å²) < 4.78 is 0. The number of aromatic nitrogens is 2. The molecule has 0 atom stereocenters. The van der Waals surface area contributed by atoms with Crippen LogP contribution in [-0.4, -0.2) is 54.0 Å². The summed E-state index contributed by atoms with van der Waals surface area (Å²) in [4.78, 5) is 25.9. The minimum absolute atomic E-state index is 0.436. The monoisotopic (exact) mass is 394 g/mol. The number of hydrogen-bond acceptors (Lipinski definition) is 7. The van der Waals surface area contributed by atoms with Gasteiger partial charge in [-0.05, 0) is 30.8 Å². The molecule has 0 bridgehead atoms.